The molecule has 11 heteroatoms. The van der Waals surface area contributed by atoms with E-state index in [-0.39, 0.29) is 34.4 Å². The zero-order chi connectivity index (χ0) is 26.5. The van der Waals surface area contributed by atoms with E-state index in [9.17, 15) is 40.6 Å². The van der Waals surface area contributed by atoms with E-state index in [1.165, 1.54) is 13.0 Å². The van der Waals surface area contributed by atoms with Gasteiger partial charge in [-0.05, 0) is 36.2 Å². The first-order valence-corrected chi connectivity index (χ1v) is 10.5. The van der Waals surface area contributed by atoms with Crippen molar-refractivity contribution in [2.24, 2.45) is 0 Å². The number of aryl methyl sites for hydroxylation is 1. The van der Waals surface area contributed by atoms with Crippen LogP contribution in [0.1, 0.15) is 22.5 Å². The minimum atomic E-state index is -6.05. The van der Waals surface area contributed by atoms with Crippen molar-refractivity contribution in [2.45, 2.75) is 31.3 Å². The van der Waals surface area contributed by atoms with Crippen LogP contribution in [0.25, 0.3) is 16.6 Å². The van der Waals surface area contributed by atoms with Crippen LogP contribution in [-0.4, -0.2) is 27.0 Å². The van der Waals surface area contributed by atoms with E-state index in [4.69, 9.17) is 0 Å². The molecule has 0 bridgehead atoms. The second-order valence-corrected chi connectivity index (χ2v) is 8.20. The Morgan fingerprint density at radius 3 is 2.03 bits per heavy atom. The van der Waals surface area contributed by atoms with Gasteiger partial charge in [0.1, 0.15) is 11.6 Å². The van der Waals surface area contributed by atoms with Gasteiger partial charge in [-0.1, -0.05) is 42.5 Å². The summed E-state index contributed by atoms with van der Waals surface area (Å²) in [6.45, 7) is 1.43. The van der Waals surface area contributed by atoms with Crippen LogP contribution in [0.4, 0.5) is 30.7 Å². The molecule has 4 rings (SSSR count). The van der Waals surface area contributed by atoms with Gasteiger partial charge in [0.05, 0.1) is 16.6 Å². The predicted octanol–water partition coefficient (Wildman–Crippen LogP) is 5.74. The molecule has 0 unspecified atom stereocenters. The van der Waals surface area contributed by atoms with Crippen LogP contribution in [0.3, 0.4) is 0 Å². The highest BCUT2D eigenvalue weighted by Gasteiger charge is 2.71. The minimum Gasteiger partial charge on any atom is -0.369 e. The molecule has 0 atom stereocenters. The number of halogens is 7. The van der Waals surface area contributed by atoms with Gasteiger partial charge in [-0.25, -0.2) is 9.37 Å². The molecule has 0 aliphatic heterocycles. The van der Waals surface area contributed by atoms with E-state index in [0.29, 0.717) is 17.7 Å². The Hall–Kier alpha value is -3.73. The van der Waals surface area contributed by atoms with Crippen molar-refractivity contribution in [3.63, 3.8) is 0 Å². The van der Waals surface area contributed by atoms with Crippen molar-refractivity contribution in [3.8, 4) is 5.69 Å². The molecular formula is C25H17F7N2O2. The van der Waals surface area contributed by atoms with E-state index in [1.807, 2.05) is 0 Å². The van der Waals surface area contributed by atoms with E-state index < -0.39 is 34.9 Å². The molecule has 1 aromatic heterocycles. The number of hydrogen-bond acceptors (Lipinski definition) is 3. The van der Waals surface area contributed by atoms with Crippen LogP contribution < -0.4 is 5.56 Å². The fourth-order valence-corrected chi connectivity index (χ4v) is 3.86. The van der Waals surface area contributed by atoms with Crippen molar-refractivity contribution in [1.82, 2.24) is 9.55 Å². The highest BCUT2D eigenvalue weighted by atomic mass is 19.4. The largest absolute Gasteiger partial charge is 0.430 e. The first-order valence-electron chi connectivity index (χ1n) is 10.5. The molecule has 4 aromatic rings. The lowest BCUT2D eigenvalue weighted by atomic mass is 9.92. The zero-order valence-electron chi connectivity index (χ0n) is 18.5. The summed E-state index contributed by atoms with van der Waals surface area (Å²) in [5, 5.41) is 9.66. The summed E-state index contributed by atoms with van der Waals surface area (Å²) < 4.78 is 94.7. The van der Waals surface area contributed by atoms with Gasteiger partial charge in [0.25, 0.3) is 11.2 Å². The summed E-state index contributed by atoms with van der Waals surface area (Å²) in [4.78, 5) is 17.8. The summed E-state index contributed by atoms with van der Waals surface area (Å²) in [7, 11) is 0. The van der Waals surface area contributed by atoms with Crippen molar-refractivity contribution in [3.05, 3.63) is 105 Å². The molecule has 0 spiro atoms. The van der Waals surface area contributed by atoms with Gasteiger partial charge in [-0.15, -0.1) is 0 Å². The SMILES string of the molecule is Cc1cc2c(=O)n(-c3ccc(C(O)(C(F)(F)F)C(F)(F)F)cc3)c(Cc3ccccc3)nc2cc1F. The molecule has 1 heterocycles. The van der Waals surface area contributed by atoms with Gasteiger partial charge in [0, 0.05) is 18.1 Å². The van der Waals surface area contributed by atoms with Crippen molar-refractivity contribution < 1.29 is 35.8 Å². The molecule has 0 saturated carbocycles. The second-order valence-electron chi connectivity index (χ2n) is 8.20. The predicted molar refractivity (Wildman–Crippen MR) is 117 cm³/mol. The van der Waals surface area contributed by atoms with Gasteiger partial charge in [0.15, 0.2) is 0 Å². The molecule has 0 fully saturated rings. The number of alkyl halides is 6. The first kappa shape index (κ1) is 25.4. The summed E-state index contributed by atoms with van der Waals surface area (Å²) in [5.41, 5.74) is -6.45. The van der Waals surface area contributed by atoms with E-state index in [0.717, 1.165) is 22.8 Å². The molecule has 0 radical (unpaired) electrons. The third-order valence-corrected chi connectivity index (χ3v) is 5.79. The quantitative estimate of drug-likeness (QED) is 0.357. The van der Waals surface area contributed by atoms with Crippen molar-refractivity contribution in [1.29, 1.82) is 0 Å². The van der Waals surface area contributed by atoms with Crippen LogP contribution in [0, 0.1) is 12.7 Å². The molecule has 188 valence electrons. The maximum atomic E-state index is 14.2. The lowest BCUT2D eigenvalue weighted by Crippen LogP contribution is -2.53. The third-order valence-electron chi connectivity index (χ3n) is 5.79. The number of nitrogens with zero attached hydrogens (tertiary/aromatic N) is 2. The highest BCUT2D eigenvalue weighted by Crippen LogP contribution is 2.50. The normalized spacial score (nSPS) is 12.8. The summed E-state index contributed by atoms with van der Waals surface area (Å²) in [6, 6.07) is 13.6. The topological polar surface area (TPSA) is 55.1 Å². The molecule has 4 nitrogen and oxygen atoms in total. The molecule has 36 heavy (non-hydrogen) atoms. The fraction of sp³-hybridized carbons (Fsp3) is 0.200. The summed E-state index contributed by atoms with van der Waals surface area (Å²) >= 11 is 0. The highest BCUT2D eigenvalue weighted by molar-refractivity contribution is 5.79. The lowest BCUT2D eigenvalue weighted by molar-refractivity contribution is -0.376. The van der Waals surface area contributed by atoms with Crippen LogP contribution >= 0.6 is 0 Å². The Morgan fingerprint density at radius 1 is 0.889 bits per heavy atom. The fourth-order valence-electron chi connectivity index (χ4n) is 3.86. The number of benzene rings is 3. The number of aromatic nitrogens is 2. The second kappa shape index (κ2) is 8.74. The number of rotatable bonds is 4. The molecule has 0 aliphatic carbocycles. The van der Waals surface area contributed by atoms with Crippen LogP contribution in [0.15, 0.2) is 71.5 Å². The number of hydrogen-bond donors (Lipinski definition) is 1. The standard InChI is InChI=1S/C25H17F7N2O2/c1-14-11-18-20(13-19(14)26)33-21(12-15-5-3-2-4-6-15)34(22(18)35)17-9-7-16(8-10-17)23(36,24(27,28)29)25(30,31)32/h2-11,13,36H,12H2,1H3. The number of aliphatic hydroxyl groups is 1. The Bertz CT molecular complexity index is 1460. The lowest BCUT2D eigenvalue weighted by Gasteiger charge is -2.32. The van der Waals surface area contributed by atoms with Crippen molar-refractivity contribution in [2.75, 3.05) is 0 Å². The summed E-state index contributed by atoms with van der Waals surface area (Å²) in [5.74, 6) is -0.516. The minimum absolute atomic E-state index is 0.0110. The molecule has 0 aliphatic rings. The Balaban J connectivity index is 1.93. The summed E-state index contributed by atoms with van der Waals surface area (Å²) in [6.07, 6.45) is -12.0. The Labute approximate surface area is 199 Å². The van der Waals surface area contributed by atoms with Gasteiger partial charge < -0.3 is 5.11 Å². The van der Waals surface area contributed by atoms with Crippen LogP contribution in [0.2, 0.25) is 0 Å². The van der Waals surface area contributed by atoms with Gasteiger partial charge in [-0.3, -0.25) is 9.36 Å². The zero-order valence-corrected chi connectivity index (χ0v) is 18.5. The number of fused-ring (bicyclic) bond motifs is 1. The van der Waals surface area contributed by atoms with Gasteiger partial charge >= 0.3 is 12.4 Å². The Kier molecular flexibility index (Phi) is 6.16. The van der Waals surface area contributed by atoms with Crippen LogP contribution in [0.5, 0.6) is 0 Å². The molecule has 3 aromatic carbocycles. The van der Waals surface area contributed by atoms with E-state index in [1.54, 1.807) is 30.3 Å². The van der Waals surface area contributed by atoms with Crippen molar-refractivity contribution >= 4 is 10.9 Å². The maximum Gasteiger partial charge on any atom is 0.430 e. The molecule has 1 N–H and O–H groups in total. The molecular weight excluding hydrogens is 493 g/mol. The van der Waals surface area contributed by atoms with E-state index >= 15 is 0 Å². The monoisotopic (exact) mass is 510 g/mol. The van der Waals surface area contributed by atoms with E-state index in [2.05, 4.69) is 4.98 Å². The maximum absolute atomic E-state index is 14.2. The smallest absolute Gasteiger partial charge is 0.369 e. The molecule has 0 amide bonds. The Morgan fingerprint density at radius 2 is 1.47 bits per heavy atom. The van der Waals surface area contributed by atoms with Gasteiger partial charge in [0.2, 0.25) is 0 Å². The first-order chi connectivity index (χ1) is 16.7. The third kappa shape index (κ3) is 4.23. The van der Waals surface area contributed by atoms with Crippen LogP contribution in [-0.2, 0) is 12.0 Å². The average molecular weight is 510 g/mol. The average Bonchev–Trinajstić information content (AvgIpc) is 2.80. The molecule has 0 saturated heterocycles. The van der Waals surface area contributed by atoms with Gasteiger partial charge in [-0.2, -0.15) is 26.3 Å².